The average molecular weight is 506 g/mol. The quantitative estimate of drug-likeness (QED) is 0.248. The summed E-state index contributed by atoms with van der Waals surface area (Å²) in [6, 6.07) is 1.80. The zero-order valence-electron chi connectivity index (χ0n) is 15.1. The SMILES string of the molecule is CN=C(NCCNC(=O)OC(C)(C)C)NCc1cc(Cl)c(Cl)n1C.I. The minimum atomic E-state index is -0.507. The summed E-state index contributed by atoms with van der Waals surface area (Å²) in [6.07, 6.45) is -0.444. The molecule has 0 aliphatic heterocycles. The molecular formula is C15H26Cl2IN5O2. The second-order valence-electron chi connectivity index (χ2n) is 6.11. The molecule has 1 amide bonds. The van der Waals surface area contributed by atoms with Gasteiger partial charge in [0.25, 0.3) is 0 Å². The lowest BCUT2D eigenvalue weighted by Gasteiger charge is -2.20. The molecule has 0 aliphatic carbocycles. The Balaban J connectivity index is 0.00000576. The van der Waals surface area contributed by atoms with Crippen molar-refractivity contribution in [2.24, 2.45) is 12.0 Å². The molecule has 1 rings (SSSR count). The number of aromatic nitrogens is 1. The van der Waals surface area contributed by atoms with Crippen LogP contribution in [0.15, 0.2) is 11.1 Å². The molecule has 1 aromatic rings. The van der Waals surface area contributed by atoms with Crippen LogP contribution in [-0.2, 0) is 18.3 Å². The van der Waals surface area contributed by atoms with E-state index in [1.807, 2.05) is 27.8 Å². The summed E-state index contributed by atoms with van der Waals surface area (Å²) in [4.78, 5) is 15.6. The molecule has 0 saturated heterocycles. The number of ether oxygens (including phenoxy) is 1. The topological polar surface area (TPSA) is 79.7 Å². The monoisotopic (exact) mass is 505 g/mol. The van der Waals surface area contributed by atoms with E-state index in [-0.39, 0.29) is 24.0 Å². The number of nitrogens with zero attached hydrogens (tertiary/aromatic N) is 2. The Hall–Kier alpha value is -0.870. The minimum Gasteiger partial charge on any atom is -0.444 e. The van der Waals surface area contributed by atoms with E-state index < -0.39 is 11.7 Å². The second-order valence-corrected chi connectivity index (χ2v) is 6.88. The van der Waals surface area contributed by atoms with Crippen molar-refractivity contribution in [3.63, 3.8) is 0 Å². The van der Waals surface area contributed by atoms with Gasteiger partial charge in [-0.1, -0.05) is 23.2 Å². The van der Waals surface area contributed by atoms with Crippen LogP contribution in [-0.4, -0.2) is 42.4 Å². The summed E-state index contributed by atoms with van der Waals surface area (Å²) in [7, 11) is 3.51. The van der Waals surface area contributed by atoms with Gasteiger partial charge in [0.15, 0.2) is 5.96 Å². The molecule has 1 heterocycles. The van der Waals surface area contributed by atoms with Gasteiger partial charge in [-0.3, -0.25) is 4.99 Å². The highest BCUT2D eigenvalue weighted by atomic mass is 127. The number of hydrogen-bond acceptors (Lipinski definition) is 3. The van der Waals surface area contributed by atoms with E-state index in [0.29, 0.717) is 35.8 Å². The molecule has 10 heteroatoms. The zero-order valence-corrected chi connectivity index (χ0v) is 18.9. The maximum absolute atomic E-state index is 11.5. The first kappa shape index (κ1) is 24.1. The lowest BCUT2D eigenvalue weighted by molar-refractivity contribution is 0.0529. The third-order valence-corrected chi connectivity index (χ3v) is 3.80. The summed E-state index contributed by atoms with van der Waals surface area (Å²) in [5.74, 6) is 0.606. The summed E-state index contributed by atoms with van der Waals surface area (Å²) >= 11 is 12.0. The summed E-state index contributed by atoms with van der Waals surface area (Å²) in [5.41, 5.74) is 0.423. The van der Waals surface area contributed by atoms with Crippen LogP contribution in [0.25, 0.3) is 0 Å². The van der Waals surface area contributed by atoms with Gasteiger partial charge in [0.1, 0.15) is 10.8 Å². The fraction of sp³-hybridized carbons (Fsp3) is 0.600. The average Bonchev–Trinajstić information content (AvgIpc) is 2.72. The van der Waals surface area contributed by atoms with Crippen LogP contribution >= 0.6 is 47.2 Å². The van der Waals surface area contributed by atoms with Crippen molar-refractivity contribution in [2.75, 3.05) is 20.1 Å². The van der Waals surface area contributed by atoms with Gasteiger partial charge in [-0.05, 0) is 26.8 Å². The molecule has 0 spiro atoms. The first-order chi connectivity index (χ1) is 11.1. The van der Waals surface area contributed by atoms with Crippen LogP contribution in [0, 0.1) is 0 Å². The molecule has 0 unspecified atom stereocenters. The van der Waals surface area contributed by atoms with E-state index >= 15 is 0 Å². The smallest absolute Gasteiger partial charge is 0.407 e. The fourth-order valence-electron chi connectivity index (χ4n) is 1.81. The number of carbonyl (C=O) groups is 1. The third kappa shape index (κ3) is 8.87. The van der Waals surface area contributed by atoms with Crippen molar-refractivity contribution >= 4 is 59.2 Å². The van der Waals surface area contributed by atoms with Crippen LogP contribution in [0.3, 0.4) is 0 Å². The number of halogens is 3. The Morgan fingerprint density at radius 1 is 1.24 bits per heavy atom. The van der Waals surface area contributed by atoms with Gasteiger partial charge in [0.2, 0.25) is 0 Å². The molecule has 0 aromatic carbocycles. The maximum Gasteiger partial charge on any atom is 0.407 e. The Morgan fingerprint density at radius 3 is 2.32 bits per heavy atom. The van der Waals surface area contributed by atoms with E-state index in [9.17, 15) is 4.79 Å². The van der Waals surface area contributed by atoms with Crippen LogP contribution < -0.4 is 16.0 Å². The highest BCUT2D eigenvalue weighted by Gasteiger charge is 2.15. The summed E-state index contributed by atoms with van der Waals surface area (Å²) < 4.78 is 6.95. The lowest BCUT2D eigenvalue weighted by Crippen LogP contribution is -2.42. The van der Waals surface area contributed by atoms with E-state index in [4.69, 9.17) is 27.9 Å². The number of hydrogen-bond donors (Lipinski definition) is 3. The summed E-state index contributed by atoms with van der Waals surface area (Å²) in [5, 5.41) is 9.92. The molecule has 7 nitrogen and oxygen atoms in total. The molecular weight excluding hydrogens is 480 g/mol. The van der Waals surface area contributed by atoms with Crippen molar-refractivity contribution < 1.29 is 9.53 Å². The van der Waals surface area contributed by atoms with Crippen LogP contribution in [0.1, 0.15) is 26.5 Å². The van der Waals surface area contributed by atoms with Gasteiger partial charge in [-0.2, -0.15) is 0 Å². The predicted molar refractivity (Wildman–Crippen MR) is 113 cm³/mol. The molecule has 3 N–H and O–H groups in total. The second kappa shape index (κ2) is 11.0. The Bertz CT molecular complexity index is 599. The summed E-state index contributed by atoms with van der Waals surface area (Å²) in [6.45, 7) is 6.89. The number of nitrogens with one attached hydrogen (secondary N) is 3. The molecule has 0 radical (unpaired) electrons. The van der Waals surface area contributed by atoms with Crippen molar-refractivity contribution in [1.29, 1.82) is 0 Å². The maximum atomic E-state index is 11.5. The van der Waals surface area contributed by atoms with Gasteiger partial charge >= 0.3 is 6.09 Å². The number of alkyl carbamates (subject to hydrolysis) is 1. The van der Waals surface area contributed by atoms with Gasteiger partial charge in [-0.15, -0.1) is 24.0 Å². The standard InChI is InChI=1S/C15H25Cl2N5O2.HI/c1-15(2,3)24-14(23)20-7-6-19-13(18-4)21-9-10-8-11(16)12(17)22(10)5;/h8H,6-7,9H2,1-5H3,(H,20,23)(H2,18,19,21);1H. The zero-order chi connectivity index (χ0) is 18.3. The van der Waals surface area contributed by atoms with E-state index in [1.54, 1.807) is 17.7 Å². The molecule has 0 saturated carbocycles. The molecule has 0 aliphatic rings. The van der Waals surface area contributed by atoms with Gasteiger partial charge in [-0.25, -0.2) is 4.79 Å². The predicted octanol–water partition coefficient (Wildman–Crippen LogP) is 3.14. The number of carbonyl (C=O) groups excluding carboxylic acids is 1. The van der Waals surface area contributed by atoms with Crippen LogP contribution in [0.2, 0.25) is 10.2 Å². The Morgan fingerprint density at radius 2 is 1.84 bits per heavy atom. The van der Waals surface area contributed by atoms with Crippen LogP contribution in [0.4, 0.5) is 4.79 Å². The first-order valence-corrected chi connectivity index (χ1v) is 8.30. The van der Waals surface area contributed by atoms with Gasteiger partial charge in [0, 0.05) is 32.9 Å². The molecule has 0 bridgehead atoms. The number of rotatable bonds is 5. The number of guanidine groups is 1. The molecule has 144 valence electrons. The Kier molecular flexibility index (Phi) is 10.6. The van der Waals surface area contributed by atoms with Crippen molar-refractivity contribution in [2.45, 2.75) is 32.9 Å². The first-order valence-electron chi connectivity index (χ1n) is 7.55. The fourth-order valence-corrected chi connectivity index (χ4v) is 2.23. The minimum absolute atomic E-state index is 0. The molecule has 1 aromatic heterocycles. The highest BCUT2D eigenvalue weighted by molar-refractivity contribution is 14.0. The number of amides is 1. The van der Waals surface area contributed by atoms with E-state index in [0.717, 1.165) is 5.69 Å². The van der Waals surface area contributed by atoms with Gasteiger partial charge < -0.3 is 25.3 Å². The normalized spacial score (nSPS) is 11.6. The Labute approximate surface area is 175 Å². The van der Waals surface area contributed by atoms with Crippen molar-refractivity contribution in [3.8, 4) is 0 Å². The molecule has 0 fully saturated rings. The van der Waals surface area contributed by atoms with Crippen molar-refractivity contribution in [1.82, 2.24) is 20.5 Å². The van der Waals surface area contributed by atoms with Crippen molar-refractivity contribution in [3.05, 3.63) is 21.9 Å². The largest absolute Gasteiger partial charge is 0.444 e. The molecule has 0 atom stereocenters. The van der Waals surface area contributed by atoms with E-state index in [1.165, 1.54) is 0 Å². The lowest BCUT2D eigenvalue weighted by atomic mass is 10.2. The van der Waals surface area contributed by atoms with Crippen LogP contribution in [0.5, 0.6) is 0 Å². The third-order valence-electron chi connectivity index (χ3n) is 2.96. The number of aliphatic imine (C=N–C) groups is 1. The molecule has 25 heavy (non-hydrogen) atoms. The van der Waals surface area contributed by atoms with E-state index in [2.05, 4.69) is 20.9 Å². The van der Waals surface area contributed by atoms with Gasteiger partial charge in [0.05, 0.1) is 11.6 Å². The highest BCUT2D eigenvalue weighted by Crippen LogP contribution is 2.24.